The minimum atomic E-state index is 0.234. The molecule has 0 aliphatic carbocycles. The molecule has 0 saturated heterocycles. The zero-order valence-corrected chi connectivity index (χ0v) is 12.0. The van der Waals surface area contributed by atoms with Gasteiger partial charge in [0.1, 0.15) is 10.7 Å². The van der Waals surface area contributed by atoms with Crippen molar-refractivity contribution in [2.24, 2.45) is 5.73 Å². The molecular formula is C12H19N3O3S. The van der Waals surface area contributed by atoms with E-state index in [-0.39, 0.29) is 4.99 Å². The lowest BCUT2D eigenvalue weighted by atomic mass is 10.3. The van der Waals surface area contributed by atoms with Gasteiger partial charge in [-0.3, -0.25) is 0 Å². The number of hydrogen-bond donors (Lipinski definition) is 1. The lowest BCUT2D eigenvalue weighted by Crippen LogP contribution is -2.14. The van der Waals surface area contributed by atoms with Crippen molar-refractivity contribution < 1.29 is 14.2 Å². The Bertz CT molecular complexity index is 415. The molecule has 1 heterocycles. The fraction of sp³-hybridized carbons (Fsp3) is 0.583. The van der Waals surface area contributed by atoms with Crippen molar-refractivity contribution in [3.8, 4) is 6.01 Å². The smallest absolute Gasteiger partial charge is 0.317 e. The Morgan fingerprint density at radius 2 is 2.05 bits per heavy atom. The summed E-state index contributed by atoms with van der Waals surface area (Å²) < 4.78 is 15.6. The van der Waals surface area contributed by atoms with E-state index >= 15 is 0 Å². The molecule has 0 aliphatic heterocycles. The molecule has 106 valence electrons. The second kappa shape index (κ2) is 8.73. The molecule has 1 aromatic rings. The van der Waals surface area contributed by atoms with Gasteiger partial charge < -0.3 is 19.9 Å². The number of hydrogen-bond acceptors (Lipinski definition) is 6. The number of nitrogens with zero attached hydrogens (tertiary/aromatic N) is 2. The van der Waals surface area contributed by atoms with Gasteiger partial charge in [0.2, 0.25) is 0 Å². The molecule has 2 N–H and O–H groups in total. The summed E-state index contributed by atoms with van der Waals surface area (Å²) in [5, 5.41) is 0. The summed E-state index contributed by atoms with van der Waals surface area (Å²) >= 11 is 4.88. The predicted octanol–water partition coefficient (Wildman–Crippen LogP) is 0.851. The summed E-state index contributed by atoms with van der Waals surface area (Å²) in [6, 6.07) is 2.02. The Kier molecular flexibility index (Phi) is 7.24. The third-order valence-corrected chi connectivity index (χ3v) is 2.39. The molecule has 0 atom stereocenters. The molecule has 6 nitrogen and oxygen atoms in total. The van der Waals surface area contributed by atoms with Crippen LogP contribution in [0.2, 0.25) is 0 Å². The molecule has 0 aliphatic rings. The van der Waals surface area contributed by atoms with Crippen molar-refractivity contribution in [3.63, 3.8) is 0 Å². The van der Waals surface area contributed by atoms with Gasteiger partial charge in [-0.2, -0.15) is 4.98 Å². The molecular weight excluding hydrogens is 266 g/mol. The van der Waals surface area contributed by atoms with Gasteiger partial charge in [-0.25, -0.2) is 4.98 Å². The molecule has 0 bridgehead atoms. The molecule has 0 amide bonds. The van der Waals surface area contributed by atoms with Crippen LogP contribution in [0.4, 0.5) is 0 Å². The van der Waals surface area contributed by atoms with Crippen molar-refractivity contribution in [3.05, 3.63) is 17.5 Å². The van der Waals surface area contributed by atoms with Crippen LogP contribution in [-0.2, 0) is 9.47 Å². The van der Waals surface area contributed by atoms with Gasteiger partial charge in [0.15, 0.2) is 0 Å². The van der Waals surface area contributed by atoms with Crippen molar-refractivity contribution in [2.75, 3.05) is 33.5 Å². The summed E-state index contributed by atoms with van der Waals surface area (Å²) in [5.74, 6) is 0. The van der Waals surface area contributed by atoms with Gasteiger partial charge in [-0.1, -0.05) is 12.2 Å². The SMILES string of the molecule is COCCOCCCOc1nc(C)cc(C(N)=S)n1. The van der Waals surface area contributed by atoms with Crippen LogP contribution in [0.25, 0.3) is 0 Å². The first-order valence-electron chi connectivity index (χ1n) is 5.98. The Labute approximate surface area is 118 Å². The first kappa shape index (κ1) is 15.7. The van der Waals surface area contributed by atoms with Crippen LogP contribution >= 0.6 is 12.2 Å². The number of thiocarbonyl (C=S) groups is 1. The normalized spacial score (nSPS) is 10.4. The molecule has 0 unspecified atom stereocenters. The third-order valence-electron chi connectivity index (χ3n) is 2.18. The summed E-state index contributed by atoms with van der Waals surface area (Å²) in [6.07, 6.45) is 0.753. The van der Waals surface area contributed by atoms with Crippen LogP contribution < -0.4 is 10.5 Å². The number of aryl methyl sites for hydroxylation is 1. The van der Waals surface area contributed by atoms with Crippen molar-refractivity contribution in [2.45, 2.75) is 13.3 Å². The molecule has 1 rings (SSSR count). The summed E-state index contributed by atoms with van der Waals surface area (Å²) in [6.45, 7) is 4.11. The third kappa shape index (κ3) is 6.42. The van der Waals surface area contributed by atoms with E-state index in [1.165, 1.54) is 0 Å². The van der Waals surface area contributed by atoms with E-state index in [0.717, 1.165) is 12.1 Å². The molecule has 0 aromatic carbocycles. The number of nitrogens with two attached hydrogens (primary N) is 1. The Morgan fingerprint density at radius 1 is 1.26 bits per heavy atom. The molecule has 19 heavy (non-hydrogen) atoms. The highest BCUT2D eigenvalue weighted by atomic mass is 32.1. The Hall–Kier alpha value is -1.31. The number of rotatable bonds is 9. The lowest BCUT2D eigenvalue weighted by Gasteiger charge is -2.07. The van der Waals surface area contributed by atoms with Gasteiger partial charge in [0.05, 0.1) is 19.8 Å². The van der Waals surface area contributed by atoms with Crippen LogP contribution in [0.15, 0.2) is 6.07 Å². The standard InChI is InChI=1S/C12H19N3O3S/c1-9-8-10(11(13)19)15-12(14-9)18-5-3-4-17-7-6-16-2/h8H,3-7H2,1-2H3,(H2,13,19). The van der Waals surface area contributed by atoms with Gasteiger partial charge in [0, 0.05) is 25.8 Å². The molecule has 0 fully saturated rings. The average molecular weight is 285 g/mol. The van der Waals surface area contributed by atoms with Gasteiger partial charge in [-0.15, -0.1) is 0 Å². The Morgan fingerprint density at radius 3 is 2.74 bits per heavy atom. The van der Waals surface area contributed by atoms with E-state index in [4.69, 9.17) is 32.2 Å². The van der Waals surface area contributed by atoms with Crippen LogP contribution in [0.5, 0.6) is 6.01 Å². The van der Waals surface area contributed by atoms with Crippen LogP contribution in [0.3, 0.4) is 0 Å². The summed E-state index contributed by atoms with van der Waals surface area (Å²) in [4.78, 5) is 8.51. The quantitative estimate of drug-likeness (QED) is 0.532. The molecule has 0 saturated carbocycles. The van der Waals surface area contributed by atoms with E-state index in [0.29, 0.717) is 38.1 Å². The van der Waals surface area contributed by atoms with Crippen LogP contribution in [0.1, 0.15) is 17.8 Å². The first-order chi connectivity index (χ1) is 9.13. The van der Waals surface area contributed by atoms with Gasteiger partial charge in [0.25, 0.3) is 0 Å². The second-order valence-corrected chi connectivity index (χ2v) is 4.29. The highest BCUT2D eigenvalue weighted by molar-refractivity contribution is 7.80. The number of aromatic nitrogens is 2. The number of ether oxygens (including phenoxy) is 3. The minimum Gasteiger partial charge on any atom is -0.463 e. The Balaban J connectivity index is 2.31. The maximum Gasteiger partial charge on any atom is 0.317 e. The minimum absolute atomic E-state index is 0.234. The van der Waals surface area contributed by atoms with Gasteiger partial charge in [-0.05, 0) is 13.0 Å². The van der Waals surface area contributed by atoms with Gasteiger partial charge >= 0.3 is 6.01 Å². The van der Waals surface area contributed by atoms with E-state index in [2.05, 4.69) is 9.97 Å². The average Bonchev–Trinajstić information content (AvgIpc) is 2.37. The fourth-order valence-electron chi connectivity index (χ4n) is 1.30. The van der Waals surface area contributed by atoms with Crippen molar-refractivity contribution in [1.82, 2.24) is 9.97 Å². The highest BCUT2D eigenvalue weighted by Crippen LogP contribution is 2.07. The first-order valence-corrected chi connectivity index (χ1v) is 6.39. The van der Waals surface area contributed by atoms with Crippen molar-refractivity contribution >= 4 is 17.2 Å². The molecule has 1 aromatic heterocycles. The maximum atomic E-state index is 5.53. The van der Waals surface area contributed by atoms with E-state index in [1.807, 2.05) is 6.92 Å². The highest BCUT2D eigenvalue weighted by Gasteiger charge is 2.05. The second-order valence-electron chi connectivity index (χ2n) is 3.85. The zero-order chi connectivity index (χ0) is 14.1. The fourth-order valence-corrected chi connectivity index (χ4v) is 1.41. The summed E-state index contributed by atoms with van der Waals surface area (Å²) in [5.41, 5.74) is 6.82. The number of methoxy groups -OCH3 is 1. The summed E-state index contributed by atoms with van der Waals surface area (Å²) in [7, 11) is 1.64. The van der Waals surface area contributed by atoms with E-state index < -0.39 is 0 Å². The predicted molar refractivity (Wildman–Crippen MR) is 75.5 cm³/mol. The topological polar surface area (TPSA) is 79.5 Å². The monoisotopic (exact) mass is 285 g/mol. The van der Waals surface area contributed by atoms with Crippen LogP contribution in [-0.4, -0.2) is 48.5 Å². The van der Waals surface area contributed by atoms with E-state index in [1.54, 1.807) is 13.2 Å². The maximum absolute atomic E-state index is 5.53. The zero-order valence-electron chi connectivity index (χ0n) is 11.2. The van der Waals surface area contributed by atoms with Crippen molar-refractivity contribution in [1.29, 1.82) is 0 Å². The molecule has 0 spiro atoms. The molecule has 0 radical (unpaired) electrons. The molecule has 7 heteroatoms. The van der Waals surface area contributed by atoms with E-state index in [9.17, 15) is 0 Å². The lowest BCUT2D eigenvalue weighted by molar-refractivity contribution is 0.0639. The largest absolute Gasteiger partial charge is 0.463 e. The van der Waals surface area contributed by atoms with Crippen LogP contribution in [0, 0.1) is 6.92 Å².